The van der Waals surface area contributed by atoms with Gasteiger partial charge in [0, 0.05) is 13.1 Å². The van der Waals surface area contributed by atoms with Crippen molar-refractivity contribution in [2.45, 2.75) is 31.7 Å². The molecule has 1 aromatic carbocycles. The maximum Gasteiger partial charge on any atom is 0.318 e. The van der Waals surface area contributed by atoms with Crippen LogP contribution >= 0.6 is 0 Å². The first-order valence-electron chi connectivity index (χ1n) is 7.13. The minimum atomic E-state index is -0.549. The number of benzene rings is 1. The van der Waals surface area contributed by atoms with Gasteiger partial charge in [-0.05, 0) is 18.4 Å². The van der Waals surface area contributed by atoms with Crippen LogP contribution in [0.1, 0.15) is 37.3 Å². The number of urea groups is 1. The Labute approximate surface area is 119 Å². The quantitative estimate of drug-likeness (QED) is 0.583. The summed E-state index contributed by atoms with van der Waals surface area (Å²) in [5.41, 5.74) is 6.46. The van der Waals surface area contributed by atoms with E-state index in [4.69, 9.17) is 11.1 Å². The van der Waals surface area contributed by atoms with Crippen molar-refractivity contribution in [1.82, 2.24) is 10.2 Å². The third-order valence-electron chi connectivity index (χ3n) is 3.60. The fourth-order valence-corrected chi connectivity index (χ4v) is 2.47. The number of hydrogen-bond acceptors (Lipinski definition) is 2. The SMILES string of the molecule is N=C(N)C(NC(=O)N1CCCCCC1)c1ccccc1. The van der Waals surface area contributed by atoms with Crippen molar-refractivity contribution in [3.63, 3.8) is 0 Å². The lowest BCUT2D eigenvalue weighted by Crippen LogP contribution is -2.45. The monoisotopic (exact) mass is 274 g/mol. The molecular weight excluding hydrogens is 252 g/mol. The van der Waals surface area contributed by atoms with Gasteiger partial charge in [0.1, 0.15) is 11.9 Å². The number of rotatable bonds is 3. The van der Waals surface area contributed by atoms with E-state index in [1.807, 2.05) is 35.2 Å². The number of nitrogens with zero attached hydrogens (tertiary/aromatic N) is 1. The van der Waals surface area contributed by atoms with E-state index in [-0.39, 0.29) is 11.9 Å². The Morgan fingerprint density at radius 3 is 2.30 bits per heavy atom. The molecular formula is C15H22N4O. The van der Waals surface area contributed by atoms with Crippen LogP contribution in [0, 0.1) is 5.41 Å². The van der Waals surface area contributed by atoms with Crippen molar-refractivity contribution in [1.29, 1.82) is 5.41 Å². The lowest BCUT2D eigenvalue weighted by atomic mass is 10.1. The summed E-state index contributed by atoms with van der Waals surface area (Å²) in [6.45, 7) is 1.57. The zero-order chi connectivity index (χ0) is 14.4. The molecule has 5 heteroatoms. The topological polar surface area (TPSA) is 82.2 Å². The van der Waals surface area contributed by atoms with Gasteiger partial charge < -0.3 is 16.0 Å². The average molecular weight is 274 g/mol. The van der Waals surface area contributed by atoms with E-state index in [0.717, 1.165) is 31.5 Å². The predicted octanol–water partition coefficient (Wildman–Crippen LogP) is 2.25. The van der Waals surface area contributed by atoms with E-state index in [0.29, 0.717) is 0 Å². The Bertz CT molecular complexity index is 452. The molecule has 0 saturated carbocycles. The van der Waals surface area contributed by atoms with Crippen LogP contribution in [0.3, 0.4) is 0 Å². The summed E-state index contributed by atoms with van der Waals surface area (Å²) in [6.07, 6.45) is 4.45. The summed E-state index contributed by atoms with van der Waals surface area (Å²) in [7, 11) is 0. The van der Waals surface area contributed by atoms with Gasteiger partial charge in [0.25, 0.3) is 0 Å². The van der Waals surface area contributed by atoms with Crippen LogP contribution < -0.4 is 11.1 Å². The van der Waals surface area contributed by atoms with Gasteiger partial charge in [0.2, 0.25) is 0 Å². The van der Waals surface area contributed by atoms with E-state index in [1.165, 1.54) is 12.8 Å². The third kappa shape index (κ3) is 3.73. The van der Waals surface area contributed by atoms with E-state index >= 15 is 0 Å². The Hall–Kier alpha value is -2.04. The van der Waals surface area contributed by atoms with Gasteiger partial charge in [-0.1, -0.05) is 43.2 Å². The highest BCUT2D eigenvalue weighted by Gasteiger charge is 2.21. The maximum absolute atomic E-state index is 12.3. The largest absolute Gasteiger partial charge is 0.386 e. The molecule has 1 fully saturated rings. The molecule has 0 bridgehead atoms. The summed E-state index contributed by atoms with van der Waals surface area (Å²) in [4.78, 5) is 14.1. The molecule has 0 aromatic heterocycles. The smallest absolute Gasteiger partial charge is 0.318 e. The highest BCUT2D eigenvalue weighted by molar-refractivity contribution is 5.88. The van der Waals surface area contributed by atoms with Crippen LogP contribution in [0.25, 0.3) is 0 Å². The highest BCUT2D eigenvalue weighted by Crippen LogP contribution is 2.14. The molecule has 1 heterocycles. The number of carbonyl (C=O) groups is 1. The molecule has 0 radical (unpaired) electrons. The highest BCUT2D eigenvalue weighted by atomic mass is 16.2. The van der Waals surface area contributed by atoms with Crippen molar-refractivity contribution in [2.75, 3.05) is 13.1 Å². The van der Waals surface area contributed by atoms with Crippen molar-refractivity contribution in [3.05, 3.63) is 35.9 Å². The van der Waals surface area contributed by atoms with Gasteiger partial charge in [-0.15, -0.1) is 0 Å². The van der Waals surface area contributed by atoms with Gasteiger partial charge in [-0.2, -0.15) is 0 Å². The number of nitrogens with two attached hydrogens (primary N) is 1. The zero-order valence-electron chi connectivity index (χ0n) is 11.6. The number of carbonyl (C=O) groups excluding carboxylic acids is 1. The fourth-order valence-electron chi connectivity index (χ4n) is 2.47. The fraction of sp³-hybridized carbons (Fsp3) is 0.467. The number of hydrogen-bond donors (Lipinski definition) is 3. The number of amidine groups is 1. The zero-order valence-corrected chi connectivity index (χ0v) is 11.6. The minimum Gasteiger partial charge on any atom is -0.386 e. The molecule has 1 aromatic rings. The lowest BCUT2D eigenvalue weighted by molar-refractivity contribution is 0.198. The molecule has 0 aliphatic carbocycles. The normalized spacial score (nSPS) is 17.1. The number of likely N-dealkylation sites (tertiary alicyclic amines) is 1. The van der Waals surface area contributed by atoms with Crippen LogP contribution in [0.4, 0.5) is 4.79 Å². The van der Waals surface area contributed by atoms with E-state index < -0.39 is 6.04 Å². The summed E-state index contributed by atoms with van der Waals surface area (Å²) in [5, 5.41) is 10.6. The standard InChI is InChI=1S/C15H22N4O/c16-14(17)13(12-8-4-3-5-9-12)18-15(20)19-10-6-1-2-7-11-19/h3-5,8-9,13H,1-2,6-7,10-11H2,(H3,16,17)(H,18,20). The molecule has 1 saturated heterocycles. The summed E-state index contributed by atoms with van der Waals surface area (Å²) in [6, 6.07) is 8.72. The molecule has 1 aliphatic heterocycles. The van der Waals surface area contributed by atoms with Gasteiger partial charge in [-0.25, -0.2) is 4.79 Å². The van der Waals surface area contributed by atoms with Gasteiger partial charge >= 0.3 is 6.03 Å². The summed E-state index contributed by atoms with van der Waals surface area (Å²) in [5.74, 6) is -0.0422. The van der Waals surface area contributed by atoms with E-state index in [2.05, 4.69) is 5.32 Å². The molecule has 2 amide bonds. The first-order valence-corrected chi connectivity index (χ1v) is 7.13. The second kappa shape index (κ2) is 6.93. The molecule has 4 N–H and O–H groups in total. The summed E-state index contributed by atoms with van der Waals surface area (Å²) >= 11 is 0. The molecule has 1 aliphatic rings. The Morgan fingerprint density at radius 2 is 1.75 bits per heavy atom. The Kier molecular flexibility index (Phi) is 4.98. The summed E-state index contributed by atoms with van der Waals surface area (Å²) < 4.78 is 0. The lowest BCUT2D eigenvalue weighted by Gasteiger charge is -2.25. The minimum absolute atomic E-state index is 0.0422. The van der Waals surface area contributed by atoms with Crippen LogP contribution in [0.2, 0.25) is 0 Å². The van der Waals surface area contributed by atoms with E-state index in [9.17, 15) is 4.79 Å². The van der Waals surface area contributed by atoms with E-state index in [1.54, 1.807) is 0 Å². The first kappa shape index (κ1) is 14.4. The van der Waals surface area contributed by atoms with Gasteiger partial charge in [0.15, 0.2) is 0 Å². The van der Waals surface area contributed by atoms with Crippen molar-refractivity contribution in [3.8, 4) is 0 Å². The van der Waals surface area contributed by atoms with Crippen molar-refractivity contribution >= 4 is 11.9 Å². The Balaban J connectivity index is 2.04. The maximum atomic E-state index is 12.3. The molecule has 1 atom stereocenters. The van der Waals surface area contributed by atoms with Crippen LogP contribution in [-0.4, -0.2) is 29.9 Å². The molecule has 0 spiro atoms. The van der Waals surface area contributed by atoms with Crippen molar-refractivity contribution < 1.29 is 4.79 Å². The number of nitrogens with one attached hydrogen (secondary N) is 2. The molecule has 20 heavy (non-hydrogen) atoms. The molecule has 2 rings (SSSR count). The Morgan fingerprint density at radius 1 is 1.15 bits per heavy atom. The van der Waals surface area contributed by atoms with Gasteiger partial charge in [-0.3, -0.25) is 5.41 Å². The van der Waals surface area contributed by atoms with Crippen molar-refractivity contribution in [2.24, 2.45) is 5.73 Å². The third-order valence-corrected chi connectivity index (χ3v) is 3.60. The second-order valence-corrected chi connectivity index (χ2v) is 5.15. The van der Waals surface area contributed by atoms with Crippen LogP contribution in [0.5, 0.6) is 0 Å². The van der Waals surface area contributed by atoms with Gasteiger partial charge in [0.05, 0.1) is 0 Å². The molecule has 108 valence electrons. The molecule has 1 unspecified atom stereocenters. The predicted molar refractivity (Wildman–Crippen MR) is 79.7 cm³/mol. The first-order chi connectivity index (χ1) is 9.68. The van der Waals surface area contributed by atoms with Crippen LogP contribution in [-0.2, 0) is 0 Å². The molecule has 5 nitrogen and oxygen atoms in total. The second-order valence-electron chi connectivity index (χ2n) is 5.15. The average Bonchev–Trinajstić information content (AvgIpc) is 2.74. The number of amides is 2. The van der Waals surface area contributed by atoms with Crippen LogP contribution in [0.15, 0.2) is 30.3 Å².